The molecule has 0 aliphatic heterocycles. The van der Waals surface area contributed by atoms with Crippen LogP contribution >= 0.6 is 12.8 Å². The van der Waals surface area contributed by atoms with Gasteiger partial charge in [-0.3, -0.25) is 9.69 Å². The van der Waals surface area contributed by atoms with Gasteiger partial charge in [0.2, 0.25) is 6.41 Å². The van der Waals surface area contributed by atoms with Crippen molar-refractivity contribution in [1.82, 2.24) is 8.61 Å². The summed E-state index contributed by atoms with van der Waals surface area (Å²) in [5.41, 5.74) is 2.59. The molecule has 8 heteroatoms. The van der Waals surface area contributed by atoms with Crippen molar-refractivity contribution < 1.29 is 9.35 Å². The average Bonchev–Trinajstić information content (AvgIpc) is 3.47. The van der Waals surface area contributed by atoms with Crippen LogP contribution in [0.4, 0.5) is 5.69 Å². The van der Waals surface area contributed by atoms with E-state index >= 15 is 0 Å². The number of rotatable bonds is 12. The SMILES string of the molecule is CC(C)N(CC1(c2ccc(N(C=O)CCC(C)N(S)S(O)=S)cc2)CC1)C1CCC1. The standard InChI is InChI=1S/C22H35N3O2S3/c1-17(2)24(21-5-4-6-21)15-22(12-13-22)19-7-9-20(10-8-19)23(16-26)14-11-18(3)25(28)30(27)29/h7-10,16-18,21,28H,4-6,11-15H2,1-3H3,(H,27,29). The third kappa shape index (κ3) is 5.64. The first-order chi connectivity index (χ1) is 14.3. The van der Waals surface area contributed by atoms with Gasteiger partial charge in [-0.15, -0.1) is 0 Å². The van der Waals surface area contributed by atoms with E-state index in [1.807, 2.05) is 6.92 Å². The molecule has 5 nitrogen and oxygen atoms in total. The third-order valence-corrected chi connectivity index (χ3v) is 9.16. The minimum atomic E-state index is -1.30. The second-order valence-corrected chi connectivity index (χ2v) is 11.6. The number of anilines is 1. The maximum absolute atomic E-state index is 11.7. The fourth-order valence-corrected chi connectivity index (χ4v) is 5.30. The third-order valence-electron chi connectivity index (χ3n) is 6.81. The summed E-state index contributed by atoms with van der Waals surface area (Å²) in [6, 6.07) is 9.88. The Morgan fingerprint density at radius 3 is 2.33 bits per heavy atom. The topological polar surface area (TPSA) is 47.0 Å². The predicted octanol–water partition coefficient (Wildman–Crippen LogP) is 4.34. The molecule has 2 aliphatic rings. The maximum Gasteiger partial charge on any atom is 0.214 e. The summed E-state index contributed by atoms with van der Waals surface area (Å²) in [5.74, 6) is 0. The number of hydrogen-bond donors (Lipinski definition) is 2. The van der Waals surface area contributed by atoms with Crippen LogP contribution < -0.4 is 4.90 Å². The highest BCUT2D eigenvalue weighted by Crippen LogP contribution is 2.50. The zero-order valence-corrected chi connectivity index (χ0v) is 20.8. The molecule has 3 rings (SSSR count). The zero-order valence-electron chi connectivity index (χ0n) is 18.2. The van der Waals surface area contributed by atoms with E-state index in [4.69, 9.17) is 11.2 Å². The number of carbonyl (C=O) groups is 1. The lowest BCUT2D eigenvalue weighted by Crippen LogP contribution is -2.47. The molecule has 1 aromatic carbocycles. The molecule has 2 aliphatic carbocycles. The van der Waals surface area contributed by atoms with E-state index in [1.165, 1.54) is 41.4 Å². The first-order valence-electron chi connectivity index (χ1n) is 10.9. The summed E-state index contributed by atoms with van der Waals surface area (Å²) in [4.78, 5) is 16.1. The number of amides is 1. The van der Waals surface area contributed by atoms with Gasteiger partial charge in [-0.25, -0.2) is 0 Å². The van der Waals surface area contributed by atoms with Crippen molar-refractivity contribution >= 4 is 46.0 Å². The van der Waals surface area contributed by atoms with Crippen LogP contribution in [0, 0.1) is 0 Å². The van der Waals surface area contributed by atoms with Gasteiger partial charge in [-0.1, -0.05) is 31.4 Å². The Kier molecular flexibility index (Phi) is 8.37. The van der Waals surface area contributed by atoms with Crippen molar-refractivity contribution in [1.29, 1.82) is 0 Å². The van der Waals surface area contributed by atoms with Crippen LogP contribution in [0.3, 0.4) is 0 Å². The molecule has 0 spiro atoms. The Morgan fingerprint density at radius 1 is 1.27 bits per heavy atom. The molecule has 30 heavy (non-hydrogen) atoms. The van der Waals surface area contributed by atoms with Crippen LogP contribution in [0.2, 0.25) is 0 Å². The van der Waals surface area contributed by atoms with Gasteiger partial charge < -0.3 is 9.45 Å². The lowest BCUT2D eigenvalue weighted by Gasteiger charge is -2.42. The molecule has 1 N–H and O–H groups in total. The molecule has 0 saturated heterocycles. The molecule has 0 aromatic heterocycles. The van der Waals surface area contributed by atoms with Gasteiger partial charge in [-0.2, -0.15) is 3.71 Å². The van der Waals surface area contributed by atoms with E-state index in [0.717, 1.165) is 24.7 Å². The van der Waals surface area contributed by atoms with Gasteiger partial charge in [-0.05, 0) is 81.8 Å². The van der Waals surface area contributed by atoms with Crippen molar-refractivity contribution in [2.24, 2.45) is 0 Å². The minimum Gasteiger partial charge on any atom is -0.315 e. The summed E-state index contributed by atoms with van der Waals surface area (Å²) in [6.45, 7) is 8.28. The Labute approximate surface area is 194 Å². The van der Waals surface area contributed by atoms with Crippen LogP contribution in [0.1, 0.15) is 64.9 Å². The molecule has 1 amide bonds. The minimum absolute atomic E-state index is 0.0239. The highest BCUT2D eigenvalue weighted by Gasteiger charge is 2.47. The van der Waals surface area contributed by atoms with Crippen molar-refractivity contribution in [2.45, 2.75) is 82.8 Å². The molecule has 0 heterocycles. The first kappa shape index (κ1) is 24.1. The van der Waals surface area contributed by atoms with Crippen LogP contribution in [0.25, 0.3) is 0 Å². The maximum atomic E-state index is 11.7. The molecule has 2 saturated carbocycles. The van der Waals surface area contributed by atoms with E-state index in [9.17, 15) is 9.35 Å². The van der Waals surface area contributed by atoms with E-state index in [2.05, 4.69) is 55.8 Å². The summed E-state index contributed by atoms with van der Waals surface area (Å²) in [6.07, 6.45) is 8.10. The van der Waals surface area contributed by atoms with Gasteiger partial charge in [0, 0.05) is 42.3 Å². The van der Waals surface area contributed by atoms with Gasteiger partial charge in [0.15, 0.2) is 0 Å². The van der Waals surface area contributed by atoms with Crippen LogP contribution in [0.5, 0.6) is 0 Å². The summed E-state index contributed by atoms with van der Waals surface area (Å²) in [7, 11) is -1.30. The Morgan fingerprint density at radius 2 is 1.90 bits per heavy atom. The Hall–Kier alpha value is -0.510. The quantitative estimate of drug-likeness (QED) is 0.352. The van der Waals surface area contributed by atoms with Gasteiger partial charge in [0.1, 0.15) is 0 Å². The molecule has 1 aromatic rings. The summed E-state index contributed by atoms with van der Waals surface area (Å²) in [5, 5.41) is 0. The van der Waals surface area contributed by atoms with Crippen molar-refractivity contribution in [3.05, 3.63) is 29.8 Å². The van der Waals surface area contributed by atoms with Gasteiger partial charge in [0.25, 0.3) is 0 Å². The van der Waals surface area contributed by atoms with Crippen molar-refractivity contribution in [3.8, 4) is 0 Å². The van der Waals surface area contributed by atoms with Gasteiger partial charge >= 0.3 is 0 Å². The van der Waals surface area contributed by atoms with Crippen LogP contribution in [-0.4, -0.2) is 50.8 Å². The number of benzene rings is 1. The van der Waals surface area contributed by atoms with E-state index in [-0.39, 0.29) is 11.5 Å². The Bertz CT molecular complexity index is 736. The number of carbonyl (C=O) groups excluding carboxylic acids is 1. The lowest BCUT2D eigenvalue weighted by atomic mass is 9.87. The van der Waals surface area contributed by atoms with Crippen molar-refractivity contribution in [2.75, 3.05) is 18.0 Å². The summed E-state index contributed by atoms with van der Waals surface area (Å²) < 4.78 is 11.0. The average molecular weight is 470 g/mol. The summed E-state index contributed by atoms with van der Waals surface area (Å²) >= 11 is 9.09. The molecular formula is C22H35N3O2S3. The molecule has 2 unspecified atom stereocenters. The molecule has 2 atom stereocenters. The predicted molar refractivity (Wildman–Crippen MR) is 133 cm³/mol. The van der Waals surface area contributed by atoms with Crippen LogP contribution in [-0.2, 0) is 31.3 Å². The number of thiol groups is 1. The fourth-order valence-electron chi connectivity index (χ4n) is 4.33. The molecule has 168 valence electrons. The second-order valence-electron chi connectivity index (χ2n) is 9.15. The smallest absolute Gasteiger partial charge is 0.214 e. The Balaban J connectivity index is 1.63. The second kappa shape index (κ2) is 10.4. The molecule has 2 fully saturated rings. The molecule has 0 radical (unpaired) electrons. The van der Waals surface area contributed by atoms with E-state index in [0.29, 0.717) is 19.0 Å². The van der Waals surface area contributed by atoms with Crippen molar-refractivity contribution in [3.63, 3.8) is 0 Å². The first-order valence-corrected chi connectivity index (χ1v) is 13.4. The number of hydrogen-bond acceptors (Lipinski definition) is 4. The largest absolute Gasteiger partial charge is 0.315 e. The zero-order chi connectivity index (χ0) is 21.9. The van der Waals surface area contributed by atoms with E-state index < -0.39 is 9.92 Å². The van der Waals surface area contributed by atoms with Crippen LogP contribution in [0.15, 0.2) is 24.3 Å². The lowest BCUT2D eigenvalue weighted by molar-refractivity contribution is -0.107. The highest BCUT2D eigenvalue weighted by atomic mass is 32.8. The monoisotopic (exact) mass is 469 g/mol. The normalized spacial score (nSPS) is 20.3. The number of nitrogens with zero attached hydrogens (tertiary/aromatic N) is 3. The fraction of sp³-hybridized carbons (Fsp3) is 0.682. The van der Waals surface area contributed by atoms with E-state index in [1.54, 1.807) is 4.90 Å². The molecule has 0 bridgehead atoms. The molecular weight excluding hydrogens is 434 g/mol. The van der Waals surface area contributed by atoms with Gasteiger partial charge in [0.05, 0.1) is 9.92 Å². The highest BCUT2D eigenvalue weighted by molar-refractivity contribution is 8.27.